The molecule has 3 unspecified atom stereocenters. The van der Waals surface area contributed by atoms with Crippen LogP contribution in [0.25, 0.3) is 0 Å². The molecule has 3 atom stereocenters. The summed E-state index contributed by atoms with van der Waals surface area (Å²) in [5.41, 5.74) is 12.3. The molecule has 0 saturated carbocycles. The van der Waals surface area contributed by atoms with Crippen molar-refractivity contribution in [1.82, 2.24) is 16.0 Å². The van der Waals surface area contributed by atoms with Crippen molar-refractivity contribution in [2.45, 2.75) is 64.1 Å². The van der Waals surface area contributed by atoms with Crippen molar-refractivity contribution >= 4 is 23.7 Å². The Morgan fingerprint density at radius 1 is 0.941 bits per heavy atom. The highest BCUT2D eigenvalue weighted by Crippen LogP contribution is 2.12. The fourth-order valence-electron chi connectivity index (χ4n) is 3.28. The predicted octanol–water partition coefficient (Wildman–Crippen LogP) is -0.392. The predicted molar refractivity (Wildman–Crippen MR) is 127 cm³/mol. The molecule has 0 aliphatic carbocycles. The third-order valence-electron chi connectivity index (χ3n) is 5.06. The van der Waals surface area contributed by atoms with Crippen molar-refractivity contribution < 1.29 is 29.4 Å². The number of aromatic hydroxyl groups is 1. The number of hydrogen-bond donors (Lipinski definition) is 7. The van der Waals surface area contributed by atoms with E-state index in [1.54, 1.807) is 12.1 Å². The summed E-state index contributed by atoms with van der Waals surface area (Å²) in [5, 5.41) is 25.8. The van der Waals surface area contributed by atoms with Gasteiger partial charge in [0.15, 0.2) is 0 Å². The Hall–Kier alpha value is -3.18. The van der Waals surface area contributed by atoms with E-state index < -0.39 is 48.4 Å². The second-order valence-electron chi connectivity index (χ2n) is 8.62. The molecule has 0 fully saturated rings. The van der Waals surface area contributed by atoms with E-state index in [1.165, 1.54) is 12.1 Å². The standard InChI is InChI=1S/C23H37N5O6/c1-14(2)11-19(22(33)26-13-20(30)31)28-23(34)18(5-3-4-10-24)27-21(32)17(25)12-15-6-8-16(29)9-7-15/h6-9,14,17-19,29H,3-5,10-13,24-25H2,1-2H3,(H,26,33)(H,27,32)(H,28,34)(H,30,31). The maximum absolute atomic E-state index is 13.0. The third kappa shape index (κ3) is 11.1. The highest BCUT2D eigenvalue weighted by atomic mass is 16.4. The molecule has 3 amide bonds. The van der Waals surface area contributed by atoms with E-state index in [-0.39, 0.29) is 18.1 Å². The van der Waals surface area contributed by atoms with Crippen LogP contribution in [-0.4, -0.2) is 65.1 Å². The van der Waals surface area contributed by atoms with Gasteiger partial charge < -0.3 is 37.6 Å². The Labute approximate surface area is 199 Å². The molecular formula is C23H37N5O6. The fraction of sp³-hybridized carbons (Fsp3) is 0.565. The highest BCUT2D eigenvalue weighted by Gasteiger charge is 2.28. The van der Waals surface area contributed by atoms with Crippen LogP contribution in [0.15, 0.2) is 24.3 Å². The van der Waals surface area contributed by atoms with E-state index in [9.17, 15) is 24.3 Å². The van der Waals surface area contributed by atoms with Gasteiger partial charge in [0, 0.05) is 0 Å². The second kappa shape index (κ2) is 14.9. The smallest absolute Gasteiger partial charge is 0.322 e. The number of benzene rings is 1. The summed E-state index contributed by atoms with van der Waals surface area (Å²) in [5.74, 6) is -2.75. The molecule has 11 heteroatoms. The average molecular weight is 480 g/mol. The van der Waals surface area contributed by atoms with Crippen molar-refractivity contribution in [2.24, 2.45) is 17.4 Å². The number of unbranched alkanes of at least 4 members (excludes halogenated alkanes) is 1. The van der Waals surface area contributed by atoms with Crippen LogP contribution in [0.2, 0.25) is 0 Å². The van der Waals surface area contributed by atoms with Crippen molar-refractivity contribution in [2.75, 3.05) is 13.1 Å². The quantitative estimate of drug-likeness (QED) is 0.165. The molecule has 11 nitrogen and oxygen atoms in total. The summed E-state index contributed by atoms with van der Waals surface area (Å²) in [7, 11) is 0. The van der Waals surface area contributed by atoms with Gasteiger partial charge in [-0.3, -0.25) is 19.2 Å². The van der Waals surface area contributed by atoms with Crippen LogP contribution in [0.4, 0.5) is 0 Å². The van der Waals surface area contributed by atoms with Gasteiger partial charge in [0.2, 0.25) is 17.7 Å². The summed E-state index contributed by atoms with van der Waals surface area (Å²) < 4.78 is 0. The molecule has 0 heterocycles. The van der Waals surface area contributed by atoms with Crippen molar-refractivity contribution in [3.05, 3.63) is 29.8 Å². The molecule has 34 heavy (non-hydrogen) atoms. The molecule has 0 aromatic heterocycles. The first-order valence-electron chi connectivity index (χ1n) is 11.4. The molecule has 1 aromatic carbocycles. The molecule has 0 aliphatic heterocycles. The van der Waals surface area contributed by atoms with Crippen molar-refractivity contribution in [3.8, 4) is 5.75 Å². The number of nitrogens with two attached hydrogens (primary N) is 2. The molecule has 0 radical (unpaired) electrons. The monoisotopic (exact) mass is 479 g/mol. The number of carbonyl (C=O) groups is 4. The summed E-state index contributed by atoms with van der Waals surface area (Å²) in [6, 6.07) is 3.47. The van der Waals surface area contributed by atoms with E-state index in [4.69, 9.17) is 16.6 Å². The molecule has 0 saturated heterocycles. The Morgan fingerprint density at radius 3 is 2.12 bits per heavy atom. The zero-order valence-electron chi connectivity index (χ0n) is 19.8. The third-order valence-corrected chi connectivity index (χ3v) is 5.06. The molecule has 1 rings (SSSR count). The van der Waals surface area contributed by atoms with Crippen molar-refractivity contribution in [1.29, 1.82) is 0 Å². The number of phenolic OH excluding ortho intramolecular Hbond substituents is 1. The lowest BCUT2D eigenvalue weighted by atomic mass is 10.0. The first-order valence-corrected chi connectivity index (χ1v) is 11.4. The molecular weight excluding hydrogens is 442 g/mol. The number of hydrogen-bond acceptors (Lipinski definition) is 7. The largest absolute Gasteiger partial charge is 0.508 e. The van der Waals surface area contributed by atoms with E-state index in [0.717, 1.165) is 5.56 Å². The minimum Gasteiger partial charge on any atom is -0.508 e. The summed E-state index contributed by atoms with van der Waals surface area (Å²) in [6.07, 6.45) is 2.01. The summed E-state index contributed by atoms with van der Waals surface area (Å²) in [6.45, 7) is 3.60. The van der Waals surface area contributed by atoms with Crippen LogP contribution in [0.5, 0.6) is 5.75 Å². The Kier molecular flexibility index (Phi) is 12.6. The van der Waals surface area contributed by atoms with Crippen LogP contribution < -0.4 is 27.4 Å². The molecule has 190 valence electrons. The van der Waals surface area contributed by atoms with Crippen LogP contribution in [0, 0.1) is 5.92 Å². The van der Waals surface area contributed by atoms with Crippen LogP contribution in [-0.2, 0) is 25.6 Å². The number of carbonyl (C=O) groups excluding carboxylic acids is 3. The molecule has 0 aliphatic rings. The van der Waals surface area contributed by atoms with Gasteiger partial charge in [0.1, 0.15) is 24.4 Å². The lowest BCUT2D eigenvalue weighted by Crippen LogP contribution is -2.56. The molecule has 0 bridgehead atoms. The normalized spacial score (nSPS) is 13.6. The minimum atomic E-state index is -1.20. The van der Waals surface area contributed by atoms with E-state index in [2.05, 4.69) is 16.0 Å². The topological polar surface area (TPSA) is 197 Å². The maximum Gasteiger partial charge on any atom is 0.322 e. The van der Waals surface area contributed by atoms with E-state index in [0.29, 0.717) is 32.2 Å². The number of amides is 3. The number of carboxylic acid groups (broad SMARTS) is 1. The number of nitrogens with one attached hydrogen (secondary N) is 3. The van der Waals surface area contributed by atoms with Gasteiger partial charge in [-0.05, 0) is 62.3 Å². The highest BCUT2D eigenvalue weighted by molar-refractivity contribution is 5.93. The van der Waals surface area contributed by atoms with Gasteiger partial charge in [0.25, 0.3) is 0 Å². The lowest BCUT2D eigenvalue weighted by molar-refractivity contribution is -0.138. The van der Waals surface area contributed by atoms with E-state index in [1.807, 2.05) is 13.8 Å². The first-order chi connectivity index (χ1) is 16.0. The Balaban J connectivity index is 2.87. The van der Waals surface area contributed by atoms with Gasteiger partial charge in [0.05, 0.1) is 6.04 Å². The molecule has 0 spiro atoms. The second-order valence-corrected chi connectivity index (χ2v) is 8.62. The van der Waals surface area contributed by atoms with Gasteiger partial charge >= 0.3 is 5.97 Å². The van der Waals surface area contributed by atoms with E-state index >= 15 is 0 Å². The SMILES string of the molecule is CC(C)CC(NC(=O)C(CCCCN)NC(=O)C(N)Cc1ccc(O)cc1)C(=O)NCC(=O)O. The number of rotatable bonds is 15. The summed E-state index contributed by atoms with van der Waals surface area (Å²) in [4.78, 5) is 48.9. The molecule has 9 N–H and O–H groups in total. The van der Waals surface area contributed by atoms with Crippen molar-refractivity contribution in [3.63, 3.8) is 0 Å². The van der Waals surface area contributed by atoms with Gasteiger partial charge in [-0.1, -0.05) is 26.0 Å². The Bertz CT molecular complexity index is 815. The number of aliphatic carboxylic acids is 1. The summed E-state index contributed by atoms with van der Waals surface area (Å²) >= 11 is 0. The minimum absolute atomic E-state index is 0.0462. The Morgan fingerprint density at radius 2 is 1.56 bits per heavy atom. The van der Waals surface area contributed by atoms with Crippen LogP contribution in [0.3, 0.4) is 0 Å². The zero-order chi connectivity index (χ0) is 25.7. The fourth-order valence-corrected chi connectivity index (χ4v) is 3.28. The number of phenols is 1. The van der Waals surface area contributed by atoms with Gasteiger partial charge in [-0.15, -0.1) is 0 Å². The number of carboxylic acids is 1. The van der Waals surface area contributed by atoms with Crippen LogP contribution in [0.1, 0.15) is 45.1 Å². The zero-order valence-corrected chi connectivity index (χ0v) is 19.8. The van der Waals surface area contributed by atoms with Gasteiger partial charge in [-0.25, -0.2) is 0 Å². The van der Waals surface area contributed by atoms with Crippen LogP contribution >= 0.6 is 0 Å². The average Bonchev–Trinajstić information content (AvgIpc) is 2.77. The maximum atomic E-state index is 13.0. The van der Waals surface area contributed by atoms with Gasteiger partial charge in [-0.2, -0.15) is 0 Å². The first kappa shape index (κ1) is 28.9. The molecule has 1 aromatic rings. The lowest BCUT2D eigenvalue weighted by Gasteiger charge is -2.25.